The van der Waals surface area contributed by atoms with E-state index in [9.17, 15) is 0 Å². The minimum atomic E-state index is -2.64. The van der Waals surface area contributed by atoms with Crippen molar-refractivity contribution in [3.63, 3.8) is 0 Å². The topological polar surface area (TPSA) is 46.2 Å². The molecular weight excluding hydrogens is 288 g/mol. The summed E-state index contributed by atoms with van der Waals surface area (Å²) in [5, 5.41) is 0. The summed E-state index contributed by atoms with van der Waals surface area (Å²) in [6.07, 6.45) is 3.40. The van der Waals surface area contributed by atoms with Crippen LogP contribution in [-0.2, 0) is 22.8 Å². The fourth-order valence-corrected chi connectivity index (χ4v) is 4.62. The van der Waals surface area contributed by atoms with E-state index in [-0.39, 0.29) is 5.54 Å². The molecule has 0 rings (SSSR count). The monoisotopic (exact) mass is 320 g/mol. The Morgan fingerprint density at radius 2 is 1.48 bits per heavy atom. The molecule has 1 atom stereocenters. The number of hydrogen-bond donors (Lipinski definition) is 0. The Hall–Kier alpha value is -0.403. The standard InChI is InChI=1S/C15H32O5Si/c1-6-16-12-10-11-13-17-14-15(5)21(18-7-2,19-8-3)20-9-4/h6,15H,1,7-14H2,2-5H3. The summed E-state index contributed by atoms with van der Waals surface area (Å²) in [5.74, 6) is 0. The second kappa shape index (κ2) is 13.3. The molecule has 0 bridgehead atoms. The maximum atomic E-state index is 5.87. The summed E-state index contributed by atoms with van der Waals surface area (Å²) >= 11 is 0. The van der Waals surface area contributed by atoms with Crippen LogP contribution in [0.2, 0.25) is 5.54 Å². The first-order valence-corrected chi connectivity index (χ1v) is 9.69. The van der Waals surface area contributed by atoms with Crippen molar-refractivity contribution < 1.29 is 22.8 Å². The van der Waals surface area contributed by atoms with Crippen LogP contribution < -0.4 is 0 Å². The Morgan fingerprint density at radius 1 is 0.952 bits per heavy atom. The van der Waals surface area contributed by atoms with Gasteiger partial charge in [-0.2, -0.15) is 0 Å². The smallest absolute Gasteiger partial charge is 0.502 e. The molecule has 5 nitrogen and oxygen atoms in total. The Balaban J connectivity index is 4.14. The Morgan fingerprint density at radius 3 is 1.95 bits per heavy atom. The molecule has 0 aliphatic heterocycles. The maximum Gasteiger partial charge on any atom is 0.506 e. The number of rotatable bonds is 15. The summed E-state index contributed by atoms with van der Waals surface area (Å²) in [6, 6.07) is 0. The number of ether oxygens (including phenoxy) is 2. The molecule has 1 unspecified atom stereocenters. The van der Waals surface area contributed by atoms with Gasteiger partial charge in [0.15, 0.2) is 0 Å². The minimum Gasteiger partial charge on any atom is -0.502 e. The van der Waals surface area contributed by atoms with Gasteiger partial charge in [-0.1, -0.05) is 13.5 Å². The average molecular weight is 321 g/mol. The van der Waals surface area contributed by atoms with Gasteiger partial charge in [-0.05, 0) is 33.6 Å². The van der Waals surface area contributed by atoms with Gasteiger partial charge >= 0.3 is 8.80 Å². The van der Waals surface area contributed by atoms with Gasteiger partial charge in [0.05, 0.1) is 19.5 Å². The summed E-state index contributed by atoms with van der Waals surface area (Å²) in [6.45, 7) is 15.3. The van der Waals surface area contributed by atoms with Crippen LogP contribution in [0.25, 0.3) is 0 Å². The molecule has 0 aromatic carbocycles. The SMILES string of the molecule is C=COCCCCOCC(C)[Si](OCC)(OCC)OCC. The third kappa shape index (κ3) is 8.58. The second-order valence-corrected chi connectivity index (χ2v) is 7.68. The molecule has 0 fully saturated rings. The van der Waals surface area contributed by atoms with Crippen LogP contribution in [0.5, 0.6) is 0 Å². The van der Waals surface area contributed by atoms with Crippen molar-refractivity contribution in [2.24, 2.45) is 0 Å². The zero-order valence-electron chi connectivity index (χ0n) is 14.1. The van der Waals surface area contributed by atoms with Gasteiger partial charge in [0.2, 0.25) is 0 Å². The van der Waals surface area contributed by atoms with Crippen LogP contribution in [0, 0.1) is 0 Å². The van der Waals surface area contributed by atoms with Crippen LogP contribution in [0.1, 0.15) is 40.5 Å². The summed E-state index contributed by atoms with van der Waals surface area (Å²) in [4.78, 5) is 0. The highest BCUT2D eigenvalue weighted by atomic mass is 28.4. The van der Waals surface area contributed by atoms with Gasteiger partial charge in [0.25, 0.3) is 0 Å². The van der Waals surface area contributed by atoms with Gasteiger partial charge in [-0.3, -0.25) is 0 Å². The van der Waals surface area contributed by atoms with E-state index in [1.54, 1.807) is 0 Å². The van der Waals surface area contributed by atoms with Crippen LogP contribution >= 0.6 is 0 Å². The van der Waals surface area contributed by atoms with Crippen LogP contribution in [0.4, 0.5) is 0 Å². The quantitative estimate of drug-likeness (QED) is 0.263. The third-order valence-electron chi connectivity index (χ3n) is 2.93. The summed E-state index contributed by atoms with van der Waals surface area (Å²) in [5.41, 5.74) is 0.127. The summed E-state index contributed by atoms with van der Waals surface area (Å²) < 4.78 is 28.4. The molecule has 0 heterocycles. The molecule has 6 heteroatoms. The molecule has 21 heavy (non-hydrogen) atoms. The molecule has 0 radical (unpaired) electrons. The van der Waals surface area contributed by atoms with Crippen LogP contribution in [0.15, 0.2) is 12.8 Å². The molecule has 0 spiro atoms. The molecule has 0 aliphatic carbocycles. The predicted molar refractivity (Wildman–Crippen MR) is 86.3 cm³/mol. The molecule has 0 saturated carbocycles. The van der Waals surface area contributed by atoms with E-state index in [0.29, 0.717) is 39.6 Å². The van der Waals surface area contributed by atoms with Crippen LogP contribution in [0.3, 0.4) is 0 Å². The zero-order chi connectivity index (χ0) is 16.0. The molecular formula is C15H32O5Si. The fourth-order valence-electron chi connectivity index (χ4n) is 1.99. The van der Waals surface area contributed by atoms with Crippen LogP contribution in [-0.4, -0.2) is 48.4 Å². The lowest BCUT2D eigenvalue weighted by molar-refractivity contribution is 0.0423. The number of unbranched alkanes of at least 4 members (excludes halogenated alkanes) is 1. The summed E-state index contributed by atoms with van der Waals surface area (Å²) in [7, 11) is -2.64. The minimum absolute atomic E-state index is 0.127. The highest BCUT2D eigenvalue weighted by Crippen LogP contribution is 2.26. The van der Waals surface area contributed by atoms with Gasteiger partial charge < -0.3 is 22.8 Å². The fraction of sp³-hybridized carbons (Fsp3) is 0.867. The van der Waals surface area contributed by atoms with Crippen molar-refractivity contribution in [3.8, 4) is 0 Å². The highest BCUT2D eigenvalue weighted by Gasteiger charge is 2.46. The first-order valence-electron chi connectivity index (χ1n) is 7.88. The normalized spacial score (nSPS) is 13.1. The zero-order valence-corrected chi connectivity index (χ0v) is 15.1. The molecule has 0 N–H and O–H groups in total. The van der Waals surface area contributed by atoms with E-state index in [0.717, 1.165) is 12.8 Å². The van der Waals surface area contributed by atoms with E-state index in [1.165, 1.54) is 6.26 Å². The van der Waals surface area contributed by atoms with Crippen molar-refractivity contribution in [1.29, 1.82) is 0 Å². The van der Waals surface area contributed by atoms with Gasteiger partial charge in [-0.15, -0.1) is 0 Å². The molecule has 0 aliphatic rings. The maximum absolute atomic E-state index is 5.87. The first-order chi connectivity index (χ1) is 10.2. The lowest BCUT2D eigenvalue weighted by Crippen LogP contribution is -2.50. The van der Waals surface area contributed by atoms with Crippen molar-refractivity contribution in [1.82, 2.24) is 0 Å². The third-order valence-corrected chi connectivity index (χ3v) is 6.37. The Bertz CT molecular complexity index is 233. The molecule has 0 aromatic rings. The first kappa shape index (κ1) is 20.6. The second-order valence-electron chi connectivity index (χ2n) is 4.62. The highest BCUT2D eigenvalue weighted by molar-refractivity contribution is 6.62. The van der Waals surface area contributed by atoms with E-state index >= 15 is 0 Å². The average Bonchev–Trinajstić information content (AvgIpc) is 2.46. The van der Waals surface area contributed by atoms with Crippen molar-refractivity contribution in [3.05, 3.63) is 12.8 Å². The number of hydrogen-bond acceptors (Lipinski definition) is 5. The van der Waals surface area contributed by atoms with Crippen molar-refractivity contribution in [2.75, 3.05) is 39.6 Å². The molecule has 126 valence electrons. The largest absolute Gasteiger partial charge is 0.506 e. The molecule has 0 amide bonds. The van der Waals surface area contributed by atoms with Crippen molar-refractivity contribution >= 4 is 8.80 Å². The predicted octanol–water partition coefficient (Wildman–Crippen LogP) is 3.38. The van der Waals surface area contributed by atoms with Gasteiger partial charge in [0.1, 0.15) is 0 Å². The molecule has 0 aromatic heterocycles. The van der Waals surface area contributed by atoms with E-state index in [1.807, 2.05) is 20.8 Å². The van der Waals surface area contributed by atoms with E-state index < -0.39 is 8.80 Å². The Labute approximate surface area is 130 Å². The lowest BCUT2D eigenvalue weighted by Gasteiger charge is -2.33. The van der Waals surface area contributed by atoms with Gasteiger partial charge in [0, 0.05) is 32.0 Å². The Kier molecular flexibility index (Phi) is 13.0. The van der Waals surface area contributed by atoms with E-state index in [4.69, 9.17) is 22.8 Å². The van der Waals surface area contributed by atoms with Crippen molar-refractivity contribution in [2.45, 2.75) is 46.1 Å². The van der Waals surface area contributed by atoms with Gasteiger partial charge in [-0.25, -0.2) is 0 Å². The lowest BCUT2D eigenvalue weighted by atomic mass is 10.3. The van der Waals surface area contributed by atoms with E-state index in [2.05, 4.69) is 13.5 Å². The molecule has 0 saturated heterocycles.